The van der Waals surface area contributed by atoms with Crippen LogP contribution in [0.15, 0.2) is 30.3 Å². The van der Waals surface area contributed by atoms with E-state index in [2.05, 4.69) is 0 Å². The number of nitrogens with zero attached hydrogens (tertiary/aromatic N) is 1. The fourth-order valence-electron chi connectivity index (χ4n) is 1.87. The van der Waals surface area contributed by atoms with Crippen molar-refractivity contribution < 1.29 is 14.3 Å². The number of carbonyl (C=O) groups excluding carboxylic acids is 2. The van der Waals surface area contributed by atoms with Crippen molar-refractivity contribution in [2.75, 3.05) is 11.0 Å². The number of amides is 2. The molecule has 0 bridgehead atoms. The summed E-state index contributed by atoms with van der Waals surface area (Å²) in [6.07, 6.45) is 0.127. The van der Waals surface area contributed by atoms with Gasteiger partial charge in [-0.1, -0.05) is 52.9 Å². The van der Waals surface area contributed by atoms with Gasteiger partial charge in [-0.3, -0.25) is 4.79 Å². The molecule has 0 N–H and O–H groups in total. The van der Waals surface area contributed by atoms with E-state index in [9.17, 15) is 9.59 Å². The minimum atomic E-state index is -0.521. The predicted octanol–water partition coefficient (Wildman–Crippen LogP) is 2.01. The number of carbonyl (C=O) groups is 2. The van der Waals surface area contributed by atoms with Crippen LogP contribution < -0.4 is 0 Å². The topological polar surface area (TPSA) is 46.6 Å². The molecule has 1 heterocycles. The van der Waals surface area contributed by atoms with Gasteiger partial charge in [0.15, 0.2) is 0 Å². The predicted molar refractivity (Wildman–Crippen MR) is 71.0 cm³/mol. The largest absolute Gasteiger partial charge is 0.447 e. The van der Waals surface area contributed by atoms with Crippen LogP contribution in [-0.4, -0.2) is 34.0 Å². The van der Waals surface area contributed by atoms with E-state index in [0.29, 0.717) is 6.42 Å². The minimum Gasteiger partial charge on any atom is -0.447 e. The van der Waals surface area contributed by atoms with E-state index in [1.165, 1.54) is 4.90 Å². The zero-order valence-electron chi connectivity index (χ0n) is 9.14. The fraction of sp³-hybridized carbons (Fsp3) is 0.333. The van der Waals surface area contributed by atoms with Crippen LogP contribution in [0.3, 0.4) is 0 Å². The van der Waals surface area contributed by atoms with E-state index in [1.807, 2.05) is 52.9 Å². The van der Waals surface area contributed by atoms with Crippen LogP contribution in [0.5, 0.6) is 0 Å². The first-order valence-electron chi connectivity index (χ1n) is 5.31. The third-order valence-corrected chi connectivity index (χ3v) is 3.31. The quantitative estimate of drug-likeness (QED) is 0.622. The molecule has 90 valence electrons. The van der Waals surface area contributed by atoms with Crippen molar-refractivity contribution in [1.29, 1.82) is 0 Å². The van der Waals surface area contributed by atoms with E-state index < -0.39 is 6.09 Å². The van der Waals surface area contributed by atoms with Gasteiger partial charge in [0.2, 0.25) is 5.91 Å². The van der Waals surface area contributed by atoms with Crippen LogP contribution >= 0.6 is 22.6 Å². The number of cyclic esters (lactones) is 1. The number of rotatable bonds is 3. The van der Waals surface area contributed by atoms with E-state index >= 15 is 0 Å². The summed E-state index contributed by atoms with van der Waals surface area (Å²) in [4.78, 5) is 24.3. The molecule has 0 aliphatic carbocycles. The molecule has 1 fully saturated rings. The molecule has 1 aromatic carbocycles. The third-order valence-electron chi connectivity index (χ3n) is 2.66. The maximum Gasteiger partial charge on any atom is 0.417 e. The third kappa shape index (κ3) is 2.77. The molecular formula is C12H12INO3. The van der Waals surface area contributed by atoms with Gasteiger partial charge in [0.05, 0.1) is 10.5 Å². The second-order valence-electron chi connectivity index (χ2n) is 3.82. The highest BCUT2D eigenvalue weighted by atomic mass is 127. The van der Waals surface area contributed by atoms with Crippen molar-refractivity contribution in [3.05, 3.63) is 35.9 Å². The summed E-state index contributed by atoms with van der Waals surface area (Å²) in [6, 6.07) is 9.61. The first kappa shape index (κ1) is 12.3. The number of alkyl halides is 1. The molecule has 2 amide bonds. The zero-order chi connectivity index (χ0) is 12.3. The Morgan fingerprint density at radius 1 is 1.41 bits per heavy atom. The summed E-state index contributed by atoms with van der Waals surface area (Å²) < 4.78 is 5.23. The molecule has 5 heteroatoms. The lowest BCUT2D eigenvalue weighted by molar-refractivity contribution is -0.126. The Balaban J connectivity index is 2.10. The van der Waals surface area contributed by atoms with Gasteiger partial charge in [0.1, 0.15) is 6.61 Å². The molecule has 4 nitrogen and oxygen atoms in total. The lowest BCUT2D eigenvalue weighted by Gasteiger charge is -2.18. The SMILES string of the molecule is O=C(CI)N1C(=O)OC[C@@H]1Cc1ccccc1. The molecule has 1 saturated heterocycles. The van der Waals surface area contributed by atoms with Crippen molar-refractivity contribution in [3.8, 4) is 0 Å². The molecule has 1 aromatic rings. The molecule has 17 heavy (non-hydrogen) atoms. The van der Waals surface area contributed by atoms with Gasteiger partial charge < -0.3 is 4.74 Å². The van der Waals surface area contributed by atoms with E-state index in [1.54, 1.807) is 0 Å². The maximum atomic E-state index is 11.6. The van der Waals surface area contributed by atoms with E-state index in [0.717, 1.165) is 5.56 Å². The van der Waals surface area contributed by atoms with Gasteiger partial charge in [-0.15, -0.1) is 0 Å². The molecule has 0 saturated carbocycles. The molecule has 0 spiro atoms. The van der Waals surface area contributed by atoms with E-state index in [-0.39, 0.29) is 23.0 Å². The van der Waals surface area contributed by atoms with Crippen molar-refractivity contribution in [2.45, 2.75) is 12.5 Å². The van der Waals surface area contributed by atoms with Crippen molar-refractivity contribution in [1.82, 2.24) is 4.90 Å². The van der Waals surface area contributed by atoms with Gasteiger partial charge in [0.25, 0.3) is 0 Å². The second kappa shape index (κ2) is 5.48. The Morgan fingerprint density at radius 2 is 2.12 bits per heavy atom. The van der Waals surface area contributed by atoms with Crippen molar-refractivity contribution in [2.24, 2.45) is 0 Å². The monoisotopic (exact) mass is 345 g/mol. The molecule has 1 atom stereocenters. The van der Waals surface area contributed by atoms with Crippen LogP contribution in [0.4, 0.5) is 4.79 Å². The van der Waals surface area contributed by atoms with Crippen LogP contribution in [0, 0.1) is 0 Å². The number of ether oxygens (including phenoxy) is 1. The standard InChI is InChI=1S/C12H12INO3/c13-7-11(15)14-10(8-17-12(14)16)6-9-4-2-1-3-5-9/h1-5,10H,6-8H2/t10-/m0/s1. The number of imide groups is 1. The first-order valence-corrected chi connectivity index (χ1v) is 6.83. The average Bonchev–Trinajstić information content (AvgIpc) is 2.71. The summed E-state index contributed by atoms with van der Waals surface area (Å²) in [5.74, 6) is -0.186. The van der Waals surface area contributed by atoms with Crippen molar-refractivity contribution in [3.63, 3.8) is 0 Å². The first-order chi connectivity index (χ1) is 8.22. The molecule has 0 unspecified atom stereocenters. The number of hydrogen-bond acceptors (Lipinski definition) is 3. The number of halogens is 1. The summed E-state index contributed by atoms with van der Waals surface area (Å²) in [7, 11) is 0. The Labute approximate surface area is 113 Å². The smallest absolute Gasteiger partial charge is 0.417 e. The summed E-state index contributed by atoms with van der Waals surface area (Å²) in [5, 5.41) is 0. The van der Waals surface area contributed by atoms with Gasteiger partial charge in [-0.2, -0.15) is 0 Å². The van der Waals surface area contributed by atoms with Gasteiger partial charge in [-0.05, 0) is 12.0 Å². The lowest BCUT2D eigenvalue weighted by atomic mass is 10.1. The normalized spacial score (nSPS) is 19.2. The van der Waals surface area contributed by atoms with Gasteiger partial charge in [-0.25, -0.2) is 9.69 Å². The van der Waals surface area contributed by atoms with Crippen LogP contribution in [-0.2, 0) is 16.0 Å². The van der Waals surface area contributed by atoms with Crippen LogP contribution in [0.2, 0.25) is 0 Å². The Kier molecular flexibility index (Phi) is 3.98. The van der Waals surface area contributed by atoms with Crippen molar-refractivity contribution >= 4 is 34.6 Å². The summed E-state index contributed by atoms with van der Waals surface area (Å²) >= 11 is 1.96. The highest BCUT2D eigenvalue weighted by Crippen LogP contribution is 2.17. The van der Waals surface area contributed by atoms with E-state index in [4.69, 9.17) is 4.74 Å². The maximum absolute atomic E-state index is 11.6. The molecule has 0 radical (unpaired) electrons. The molecule has 0 aromatic heterocycles. The number of benzene rings is 1. The molecule has 1 aliphatic rings. The zero-order valence-corrected chi connectivity index (χ0v) is 11.3. The number of hydrogen-bond donors (Lipinski definition) is 0. The molecule has 2 rings (SSSR count). The highest BCUT2D eigenvalue weighted by molar-refractivity contribution is 14.1. The van der Waals surface area contributed by atoms with Gasteiger partial charge >= 0.3 is 6.09 Å². The average molecular weight is 345 g/mol. The molecular weight excluding hydrogens is 333 g/mol. The second-order valence-corrected chi connectivity index (χ2v) is 4.58. The Hall–Kier alpha value is -1.11. The van der Waals surface area contributed by atoms with Crippen LogP contribution in [0.25, 0.3) is 0 Å². The molecule has 1 aliphatic heterocycles. The summed E-state index contributed by atoms with van der Waals surface area (Å²) in [6.45, 7) is 0.288. The van der Waals surface area contributed by atoms with Crippen LogP contribution in [0.1, 0.15) is 5.56 Å². The highest BCUT2D eigenvalue weighted by Gasteiger charge is 2.37. The Bertz CT molecular complexity index is 421. The minimum absolute atomic E-state index is 0.174. The summed E-state index contributed by atoms with van der Waals surface area (Å²) in [5.41, 5.74) is 1.10. The van der Waals surface area contributed by atoms with Gasteiger partial charge in [0, 0.05) is 0 Å². The lowest BCUT2D eigenvalue weighted by Crippen LogP contribution is -2.40. The Morgan fingerprint density at radius 3 is 2.76 bits per heavy atom. The fourth-order valence-corrected chi connectivity index (χ4v) is 2.23.